The third kappa shape index (κ3) is 2.56. The highest BCUT2D eigenvalue weighted by Gasteiger charge is 2.06. The lowest BCUT2D eigenvalue weighted by molar-refractivity contribution is 0.474. The van der Waals surface area contributed by atoms with Crippen molar-refractivity contribution < 1.29 is 0 Å². The summed E-state index contributed by atoms with van der Waals surface area (Å²) < 4.78 is 2.07. The van der Waals surface area contributed by atoms with Gasteiger partial charge in [-0.1, -0.05) is 13.8 Å². The van der Waals surface area contributed by atoms with Crippen LogP contribution >= 0.6 is 0 Å². The third-order valence-corrected chi connectivity index (χ3v) is 2.16. The average Bonchev–Trinajstić information content (AvgIpc) is 2.36. The van der Waals surface area contributed by atoms with Gasteiger partial charge < -0.3 is 5.73 Å². The zero-order valence-corrected chi connectivity index (χ0v) is 8.75. The summed E-state index contributed by atoms with van der Waals surface area (Å²) in [6, 6.07) is 0. The second kappa shape index (κ2) is 4.42. The zero-order chi connectivity index (χ0) is 9.84. The van der Waals surface area contributed by atoms with Crippen molar-refractivity contribution in [1.82, 2.24) is 9.78 Å². The maximum atomic E-state index is 5.50. The lowest BCUT2D eigenvalue weighted by Gasteiger charge is -2.07. The third-order valence-electron chi connectivity index (χ3n) is 2.16. The molecule has 0 amide bonds. The standard InChI is InChI=1S/C10H19N3/c1-8(2)7-13-9(3)10(4-5-11)6-12-13/h6,8H,4-5,7,11H2,1-3H3. The van der Waals surface area contributed by atoms with Gasteiger partial charge in [0.15, 0.2) is 0 Å². The minimum atomic E-state index is 0.643. The smallest absolute Gasteiger partial charge is 0.0525 e. The molecule has 0 unspecified atom stereocenters. The van der Waals surface area contributed by atoms with E-state index >= 15 is 0 Å². The molecule has 0 bridgehead atoms. The molecule has 1 heterocycles. The largest absolute Gasteiger partial charge is 0.330 e. The van der Waals surface area contributed by atoms with E-state index in [9.17, 15) is 0 Å². The van der Waals surface area contributed by atoms with Crippen molar-refractivity contribution in [2.75, 3.05) is 6.54 Å². The van der Waals surface area contributed by atoms with Crippen molar-refractivity contribution in [2.45, 2.75) is 33.7 Å². The summed E-state index contributed by atoms with van der Waals surface area (Å²) in [4.78, 5) is 0. The van der Waals surface area contributed by atoms with Gasteiger partial charge in [0.25, 0.3) is 0 Å². The van der Waals surface area contributed by atoms with Crippen molar-refractivity contribution in [3.63, 3.8) is 0 Å². The van der Waals surface area contributed by atoms with Crippen LogP contribution in [0.25, 0.3) is 0 Å². The van der Waals surface area contributed by atoms with Gasteiger partial charge in [-0.2, -0.15) is 5.10 Å². The van der Waals surface area contributed by atoms with E-state index in [0.29, 0.717) is 12.5 Å². The average molecular weight is 181 g/mol. The van der Waals surface area contributed by atoms with Gasteiger partial charge in [-0.05, 0) is 31.4 Å². The minimum Gasteiger partial charge on any atom is -0.330 e. The molecule has 0 aromatic carbocycles. The first-order valence-electron chi connectivity index (χ1n) is 4.86. The molecule has 2 N–H and O–H groups in total. The van der Waals surface area contributed by atoms with E-state index in [1.807, 2.05) is 6.20 Å². The summed E-state index contributed by atoms with van der Waals surface area (Å²) in [5.74, 6) is 0.643. The van der Waals surface area contributed by atoms with Gasteiger partial charge in [0.05, 0.1) is 6.20 Å². The fourth-order valence-corrected chi connectivity index (χ4v) is 1.42. The Bertz CT molecular complexity index is 263. The van der Waals surface area contributed by atoms with E-state index in [1.54, 1.807) is 0 Å². The number of hydrogen-bond donors (Lipinski definition) is 1. The lowest BCUT2D eigenvalue weighted by Crippen LogP contribution is -2.09. The molecule has 0 radical (unpaired) electrons. The highest BCUT2D eigenvalue weighted by molar-refractivity contribution is 5.16. The molecule has 3 nitrogen and oxygen atoms in total. The van der Waals surface area contributed by atoms with E-state index in [4.69, 9.17) is 5.73 Å². The summed E-state index contributed by atoms with van der Waals surface area (Å²) in [6.45, 7) is 8.21. The van der Waals surface area contributed by atoms with Gasteiger partial charge in [-0.3, -0.25) is 4.68 Å². The zero-order valence-electron chi connectivity index (χ0n) is 8.75. The maximum absolute atomic E-state index is 5.50. The van der Waals surface area contributed by atoms with E-state index < -0.39 is 0 Å². The van der Waals surface area contributed by atoms with E-state index in [2.05, 4.69) is 30.6 Å². The molecule has 0 saturated carbocycles. The molecule has 3 heteroatoms. The molecule has 1 rings (SSSR count). The Morgan fingerprint density at radius 3 is 2.77 bits per heavy atom. The van der Waals surface area contributed by atoms with Crippen LogP contribution in [0.2, 0.25) is 0 Å². The van der Waals surface area contributed by atoms with E-state index in [1.165, 1.54) is 11.3 Å². The molecular weight excluding hydrogens is 162 g/mol. The van der Waals surface area contributed by atoms with Gasteiger partial charge in [-0.15, -0.1) is 0 Å². The predicted octanol–water partition coefficient (Wildman–Crippen LogP) is 1.35. The number of nitrogens with zero attached hydrogens (tertiary/aromatic N) is 2. The number of hydrogen-bond acceptors (Lipinski definition) is 2. The first kappa shape index (κ1) is 10.3. The first-order valence-corrected chi connectivity index (χ1v) is 4.86. The van der Waals surface area contributed by atoms with Crippen LogP contribution in [0.5, 0.6) is 0 Å². The monoisotopic (exact) mass is 181 g/mol. The molecule has 0 aliphatic rings. The van der Waals surface area contributed by atoms with Crippen LogP contribution < -0.4 is 5.73 Å². The van der Waals surface area contributed by atoms with Gasteiger partial charge in [0.1, 0.15) is 0 Å². The quantitative estimate of drug-likeness (QED) is 0.762. The predicted molar refractivity (Wildman–Crippen MR) is 54.6 cm³/mol. The number of nitrogens with two attached hydrogens (primary N) is 1. The molecule has 13 heavy (non-hydrogen) atoms. The van der Waals surface area contributed by atoms with Gasteiger partial charge in [0, 0.05) is 12.2 Å². The Hall–Kier alpha value is -0.830. The SMILES string of the molecule is Cc1c(CCN)cnn1CC(C)C. The van der Waals surface area contributed by atoms with Crippen molar-refractivity contribution in [1.29, 1.82) is 0 Å². The first-order chi connectivity index (χ1) is 6.15. The molecule has 0 spiro atoms. The fraction of sp³-hybridized carbons (Fsp3) is 0.700. The van der Waals surface area contributed by atoms with Crippen LogP contribution in [0, 0.1) is 12.8 Å². The number of aromatic nitrogens is 2. The van der Waals surface area contributed by atoms with Crippen LogP contribution in [0.4, 0.5) is 0 Å². The van der Waals surface area contributed by atoms with Crippen LogP contribution in [0.15, 0.2) is 6.20 Å². The summed E-state index contributed by atoms with van der Waals surface area (Å²) in [6.07, 6.45) is 2.87. The maximum Gasteiger partial charge on any atom is 0.0525 e. The highest BCUT2D eigenvalue weighted by Crippen LogP contribution is 2.09. The highest BCUT2D eigenvalue weighted by atomic mass is 15.3. The van der Waals surface area contributed by atoms with Crippen LogP contribution in [0.3, 0.4) is 0 Å². The van der Waals surface area contributed by atoms with Crippen molar-refractivity contribution in [3.8, 4) is 0 Å². The molecule has 0 saturated heterocycles. The van der Waals surface area contributed by atoms with Crippen LogP contribution in [-0.2, 0) is 13.0 Å². The van der Waals surface area contributed by atoms with E-state index in [0.717, 1.165) is 13.0 Å². The Morgan fingerprint density at radius 1 is 1.54 bits per heavy atom. The molecule has 74 valence electrons. The molecule has 1 aromatic heterocycles. The Kier molecular flexibility index (Phi) is 3.48. The van der Waals surface area contributed by atoms with Crippen molar-refractivity contribution >= 4 is 0 Å². The molecule has 0 aliphatic heterocycles. The molecule has 0 fully saturated rings. The normalized spacial score (nSPS) is 11.2. The number of rotatable bonds is 4. The lowest BCUT2D eigenvalue weighted by atomic mass is 10.2. The molecule has 0 aliphatic carbocycles. The van der Waals surface area contributed by atoms with Crippen LogP contribution in [-0.4, -0.2) is 16.3 Å². The summed E-state index contributed by atoms with van der Waals surface area (Å²) >= 11 is 0. The Morgan fingerprint density at radius 2 is 2.23 bits per heavy atom. The van der Waals surface area contributed by atoms with Gasteiger partial charge >= 0.3 is 0 Å². The van der Waals surface area contributed by atoms with Gasteiger partial charge in [0.2, 0.25) is 0 Å². The van der Waals surface area contributed by atoms with E-state index in [-0.39, 0.29) is 0 Å². The summed E-state index contributed by atoms with van der Waals surface area (Å²) in [5, 5.41) is 4.34. The minimum absolute atomic E-state index is 0.643. The molecule has 1 aromatic rings. The topological polar surface area (TPSA) is 43.8 Å². The molecular formula is C10H19N3. The van der Waals surface area contributed by atoms with Crippen molar-refractivity contribution in [2.24, 2.45) is 11.7 Å². The Labute approximate surface area is 79.9 Å². The second-order valence-electron chi connectivity index (χ2n) is 3.87. The Balaban J connectivity index is 2.74. The van der Waals surface area contributed by atoms with Crippen molar-refractivity contribution in [3.05, 3.63) is 17.5 Å². The second-order valence-corrected chi connectivity index (χ2v) is 3.87. The summed E-state index contributed by atoms with van der Waals surface area (Å²) in [7, 11) is 0. The fourth-order valence-electron chi connectivity index (χ4n) is 1.42. The van der Waals surface area contributed by atoms with Crippen LogP contribution in [0.1, 0.15) is 25.1 Å². The molecule has 0 atom stereocenters. The summed E-state index contributed by atoms with van der Waals surface area (Å²) in [5.41, 5.74) is 8.05. The van der Waals surface area contributed by atoms with Gasteiger partial charge in [-0.25, -0.2) is 0 Å².